The molecular weight excluding hydrogens is 194 g/mol. The van der Waals surface area contributed by atoms with E-state index in [0.717, 1.165) is 11.3 Å². The van der Waals surface area contributed by atoms with Gasteiger partial charge in [0.05, 0.1) is 25.9 Å². The number of aromatic nitrogens is 1. The molecule has 0 fully saturated rings. The van der Waals surface area contributed by atoms with Gasteiger partial charge in [-0.1, -0.05) is 0 Å². The number of nitrogens with zero attached hydrogens (tertiary/aromatic N) is 1. The lowest BCUT2D eigenvalue weighted by Crippen LogP contribution is -2.05. The summed E-state index contributed by atoms with van der Waals surface area (Å²) in [5, 5.41) is 9.24. The summed E-state index contributed by atoms with van der Waals surface area (Å²) in [6.07, 6.45) is 2.67. The minimum atomic E-state index is -0.334. The van der Waals surface area contributed by atoms with Gasteiger partial charge in [0.15, 0.2) is 0 Å². The maximum absolute atomic E-state index is 9.24. The van der Waals surface area contributed by atoms with E-state index in [1.807, 2.05) is 0 Å². The fourth-order valence-corrected chi connectivity index (χ4v) is 1.41. The Morgan fingerprint density at radius 2 is 2.13 bits per heavy atom. The summed E-state index contributed by atoms with van der Waals surface area (Å²) in [6.45, 7) is 1.76. The first kappa shape index (κ1) is 11.8. The summed E-state index contributed by atoms with van der Waals surface area (Å²) in [6, 6.07) is 1.79. The summed E-state index contributed by atoms with van der Waals surface area (Å²) >= 11 is 0. The molecule has 0 aromatic carbocycles. The van der Waals surface area contributed by atoms with Crippen LogP contribution in [0.25, 0.3) is 0 Å². The summed E-state index contributed by atoms with van der Waals surface area (Å²) in [5.74, 6) is 1.32. The van der Waals surface area contributed by atoms with E-state index in [1.54, 1.807) is 33.4 Å². The molecule has 0 radical (unpaired) electrons. The van der Waals surface area contributed by atoms with Crippen molar-refractivity contribution in [2.45, 2.75) is 25.9 Å². The molecule has 0 aliphatic rings. The largest absolute Gasteiger partial charge is 0.496 e. The Hall–Kier alpha value is -1.29. The Balaban J connectivity index is 2.89. The van der Waals surface area contributed by atoms with Crippen LogP contribution in [0, 0.1) is 0 Å². The second kappa shape index (κ2) is 5.56. The van der Waals surface area contributed by atoms with Crippen LogP contribution >= 0.6 is 0 Å². The first-order valence-corrected chi connectivity index (χ1v) is 4.93. The Kier molecular flexibility index (Phi) is 4.37. The molecule has 0 saturated heterocycles. The molecule has 0 aliphatic heterocycles. The van der Waals surface area contributed by atoms with Crippen LogP contribution < -0.4 is 9.47 Å². The Bertz CT molecular complexity index is 290. The Labute approximate surface area is 89.9 Å². The molecule has 1 atom stereocenters. The van der Waals surface area contributed by atoms with Crippen LogP contribution in [0.4, 0.5) is 0 Å². The van der Waals surface area contributed by atoms with Crippen LogP contribution in [0.1, 0.15) is 18.9 Å². The average Bonchev–Trinajstić information content (AvgIpc) is 2.25. The van der Waals surface area contributed by atoms with Crippen LogP contribution in [-0.2, 0) is 6.42 Å². The van der Waals surface area contributed by atoms with Crippen molar-refractivity contribution < 1.29 is 14.6 Å². The minimum absolute atomic E-state index is 0.334. The highest BCUT2D eigenvalue weighted by molar-refractivity contribution is 5.39. The molecule has 1 aromatic heterocycles. The van der Waals surface area contributed by atoms with E-state index in [0.29, 0.717) is 18.7 Å². The van der Waals surface area contributed by atoms with Crippen molar-refractivity contribution in [2.24, 2.45) is 0 Å². The summed E-state index contributed by atoms with van der Waals surface area (Å²) in [5.41, 5.74) is 0.906. The van der Waals surface area contributed by atoms with E-state index in [9.17, 15) is 5.11 Å². The van der Waals surface area contributed by atoms with E-state index < -0.39 is 0 Å². The zero-order valence-electron chi connectivity index (χ0n) is 9.36. The molecule has 1 unspecified atom stereocenters. The van der Waals surface area contributed by atoms with E-state index in [4.69, 9.17) is 9.47 Å². The maximum Gasteiger partial charge on any atom is 0.219 e. The zero-order valence-corrected chi connectivity index (χ0v) is 9.36. The van der Waals surface area contributed by atoms with Crippen LogP contribution in [0.15, 0.2) is 12.3 Å². The summed E-state index contributed by atoms with van der Waals surface area (Å²) in [7, 11) is 3.19. The van der Waals surface area contributed by atoms with Crippen molar-refractivity contribution in [2.75, 3.05) is 14.2 Å². The fraction of sp³-hybridized carbons (Fsp3) is 0.545. The van der Waals surface area contributed by atoms with Gasteiger partial charge in [-0.2, -0.15) is 0 Å². The number of ether oxygens (including phenoxy) is 2. The van der Waals surface area contributed by atoms with Crippen molar-refractivity contribution in [3.63, 3.8) is 0 Å². The quantitative estimate of drug-likeness (QED) is 0.800. The van der Waals surface area contributed by atoms with Crippen molar-refractivity contribution in [3.05, 3.63) is 17.8 Å². The highest BCUT2D eigenvalue weighted by atomic mass is 16.5. The minimum Gasteiger partial charge on any atom is -0.496 e. The SMILES string of the molecule is COc1ccnc(OC)c1CCC(C)O. The molecule has 0 aliphatic carbocycles. The van der Waals surface area contributed by atoms with Gasteiger partial charge in [-0.05, 0) is 25.8 Å². The van der Waals surface area contributed by atoms with Crippen LogP contribution in [0.2, 0.25) is 0 Å². The van der Waals surface area contributed by atoms with Gasteiger partial charge in [0.25, 0.3) is 0 Å². The third-order valence-corrected chi connectivity index (χ3v) is 2.20. The van der Waals surface area contributed by atoms with Crippen molar-refractivity contribution in [1.82, 2.24) is 4.98 Å². The topological polar surface area (TPSA) is 51.6 Å². The van der Waals surface area contributed by atoms with Crippen LogP contribution in [-0.4, -0.2) is 30.4 Å². The molecule has 0 bridgehead atoms. The third-order valence-electron chi connectivity index (χ3n) is 2.20. The first-order chi connectivity index (χ1) is 7.19. The molecule has 1 rings (SSSR count). The molecule has 1 aromatic rings. The summed E-state index contributed by atoms with van der Waals surface area (Å²) < 4.78 is 10.4. The van der Waals surface area contributed by atoms with Gasteiger partial charge in [-0.3, -0.25) is 0 Å². The number of aliphatic hydroxyl groups excluding tert-OH is 1. The monoisotopic (exact) mass is 211 g/mol. The van der Waals surface area contributed by atoms with Gasteiger partial charge >= 0.3 is 0 Å². The molecule has 15 heavy (non-hydrogen) atoms. The highest BCUT2D eigenvalue weighted by Gasteiger charge is 2.11. The standard InChI is InChI=1S/C11H17NO3/c1-8(13)4-5-9-10(14-2)6-7-12-11(9)15-3/h6-8,13H,4-5H2,1-3H3. The number of pyridine rings is 1. The lowest BCUT2D eigenvalue weighted by molar-refractivity contribution is 0.184. The number of methoxy groups -OCH3 is 2. The Morgan fingerprint density at radius 1 is 1.40 bits per heavy atom. The lowest BCUT2D eigenvalue weighted by Gasteiger charge is -2.12. The van der Waals surface area contributed by atoms with Gasteiger partial charge in [-0.15, -0.1) is 0 Å². The predicted octanol–water partition coefficient (Wildman–Crippen LogP) is 1.41. The molecular formula is C11H17NO3. The average molecular weight is 211 g/mol. The fourth-order valence-electron chi connectivity index (χ4n) is 1.41. The van der Waals surface area contributed by atoms with E-state index in [1.165, 1.54) is 0 Å². The maximum atomic E-state index is 9.24. The predicted molar refractivity (Wildman–Crippen MR) is 57.3 cm³/mol. The molecule has 84 valence electrons. The van der Waals surface area contributed by atoms with E-state index >= 15 is 0 Å². The third kappa shape index (κ3) is 3.09. The van der Waals surface area contributed by atoms with Crippen LogP contribution in [0.5, 0.6) is 11.6 Å². The molecule has 0 amide bonds. The van der Waals surface area contributed by atoms with Gasteiger partial charge < -0.3 is 14.6 Å². The molecule has 1 heterocycles. The lowest BCUT2D eigenvalue weighted by atomic mass is 10.1. The van der Waals surface area contributed by atoms with E-state index in [-0.39, 0.29) is 6.10 Å². The molecule has 4 heteroatoms. The number of hydrogen-bond donors (Lipinski definition) is 1. The van der Waals surface area contributed by atoms with Gasteiger partial charge in [0, 0.05) is 6.20 Å². The van der Waals surface area contributed by atoms with E-state index in [2.05, 4.69) is 4.98 Å². The van der Waals surface area contributed by atoms with Crippen molar-refractivity contribution >= 4 is 0 Å². The van der Waals surface area contributed by atoms with Gasteiger partial charge in [-0.25, -0.2) is 4.98 Å². The molecule has 0 saturated carbocycles. The Morgan fingerprint density at radius 3 is 2.67 bits per heavy atom. The highest BCUT2D eigenvalue weighted by Crippen LogP contribution is 2.27. The number of hydrogen-bond acceptors (Lipinski definition) is 4. The second-order valence-electron chi connectivity index (χ2n) is 3.39. The molecule has 1 N–H and O–H groups in total. The molecule has 4 nitrogen and oxygen atoms in total. The number of rotatable bonds is 5. The van der Waals surface area contributed by atoms with Crippen molar-refractivity contribution in [1.29, 1.82) is 0 Å². The smallest absolute Gasteiger partial charge is 0.219 e. The normalized spacial score (nSPS) is 12.3. The zero-order chi connectivity index (χ0) is 11.3. The summed E-state index contributed by atoms with van der Waals surface area (Å²) in [4.78, 5) is 4.10. The van der Waals surface area contributed by atoms with Crippen molar-refractivity contribution in [3.8, 4) is 11.6 Å². The number of aliphatic hydroxyl groups is 1. The van der Waals surface area contributed by atoms with Gasteiger partial charge in [0.2, 0.25) is 5.88 Å². The van der Waals surface area contributed by atoms with Gasteiger partial charge in [0.1, 0.15) is 5.75 Å². The first-order valence-electron chi connectivity index (χ1n) is 4.93. The molecule has 0 spiro atoms. The second-order valence-corrected chi connectivity index (χ2v) is 3.39. The van der Waals surface area contributed by atoms with Crippen LogP contribution in [0.3, 0.4) is 0 Å².